The fourth-order valence-electron chi connectivity index (χ4n) is 1.59. The van der Waals surface area contributed by atoms with Gasteiger partial charge in [-0.15, -0.1) is 0 Å². The van der Waals surface area contributed by atoms with Crippen LogP contribution in [0.5, 0.6) is 0 Å². The van der Waals surface area contributed by atoms with E-state index >= 15 is 0 Å². The van der Waals surface area contributed by atoms with Gasteiger partial charge in [0.15, 0.2) is 0 Å². The van der Waals surface area contributed by atoms with Crippen molar-refractivity contribution in [3.8, 4) is 5.69 Å². The van der Waals surface area contributed by atoms with Gasteiger partial charge >= 0.3 is 11.1 Å². The molecule has 5 heteroatoms. The third-order valence-corrected chi connectivity index (χ3v) is 2.72. The molecule has 0 aliphatic rings. The maximum Gasteiger partial charge on any atom is 0.320 e. The maximum absolute atomic E-state index is 11.8. The van der Waals surface area contributed by atoms with Crippen LogP contribution in [-0.4, -0.2) is 9.13 Å². The lowest BCUT2D eigenvalue weighted by Gasteiger charge is -2.07. The minimum Gasteiger partial charge on any atom is -0.310 e. The first-order valence-electron chi connectivity index (χ1n) is 5.21. The van der Waals surface area contributed by atoms with Crippen molar-refractivity contribution in [3.63, 3.8) is 0 Å². The zero-order valence-corrected chi connectivity index (χ0v) is 10.0. The highest BCUT2D eigenvalue weighted by atomic mass is 35.5. The molecule has 0 aliphatic carbocycles. The molecule has 1 heterocycles. The standard InChI is InChI=1S/C12H11ClN2O2/c1-2-14-6-7-15(12(17)11(14)16)10-5-3-4-9(13)8-10/h3-8H,2H2,1H3. The number of halogens is 1. The molecule has 0 saturated heterocycles. The van der Waals surface area contributed by atoms with Gasteiger partial charge < -0.3 is 4.57 Å². The molecule has 1 aromatic heterocycles. The topological polar surface area (TPSA) is 44.0 Å². The second-order valence-electron chi connectivity index (χ2n) is 3.54. The van der Waals surface area contributed by atoms with Gasteiger partial charge in [-0.25, -0.2) is 0 Å². The predicted molar refractivity (Wildman–Crippen MR) is 67.0 cm³/mol. The molecule has 0 atom stereocenters. The van der Waals surface area contributed by atoms with Gasteiger partial charge in [0, 0.05) is 24.0 Å². The van der Waals surface area contributed by atoms with E-state index in [9.17, 15) is 9.59 Å². The van der Waals surface area contributed by atoms with E-state index in [1.807, 2.05) is 6.92 Å². The number of hydrogen-bond acceptors (Lipinski definition) is 2. The normalized spacial score (nSPS) is 10.5. The van der Waals surface area contributed by atoms with Gasteiger partial charge in [-0.3, -0.25) is 14.2 Å². The number of aryl methyl sites for hydroxylation is 1. The number of nitrogens with zero attached hydrogens (tertiary/aromatic N) is 2. The fraction of sp³-hybridized carbons (Fsp3) is 0.167. The van der Waals surface area contributed by atoms with Gasteiger partial charge in [-0.05, 0) is 25.1 Å². The summed E-state index contributed by atoms with van der Waals surface area (Å²) in [4.78, 5) is 23.5. The molecule has 1 aromatic carbocycles. The number of rotatable bonds is 2. The Labute approximate surface area is 103 Å². The van der Waals surface area contributed by atoms with E-state index in [1.165, 1.54) is 9.13 Å². The van der Waals surface area contributed by atoms with E-state index in [4.69, 9.17) is 11.6 Å². The molecule has 2 rings (SSSR count). The molecule has 0 bridgehead atoms. The van der Waals surface area contributed by atoms with E-state index in [1.54, 1.807) is 36.7 Å². The van der Waals surface area contributed by atoms with Gasteiger partial charge in [0.05, 0.1) is 5.69 Å². The van der Waals surface area contributed by atoms with Crippen molar-refractivity contribution in [2.75, 3.05) is 0 Å². The van der Waals surface area contributed by atoms with Crippen LogP contribution in [0.3, 0.4) is 0 Å². The fourth-order valence-corrected chi connectivity index (χ4v) is 1.77. The molecule has 0 unspecified atom stereocenters. The maximum atomic E-state index is 11.8. The Balaban J connectivity index is 2.66. The van der Waals surface area contributed by atoms with Crippen molar-refractivity contribution in [2.45, 2.75) is 13.5 Å². The third-order valence-electron chi connectivity index (χ3n) is 2.49. The van der Waals surface area contributed by atoms with Crippen molar-refractivity contribution in [1.29, 1.82) is 0 Å². The van der Waals surface area contributed by atoms with Crippen LogP contribution in [0.4, 0.5) is 0 Å². The number of benzene rings is 1. The number of aromatic nitrogens is 2. The Morgan fingerprint density at radius 1 is 1.18 bits per heavy atom. The minimum absolute atomic E-state index is 0.477. The first kappa shape index (κ1) is 11.7. The van der Waals surface area contributed by atoms with E-state index in [2.05, 4.69) is 0 Å². The molecular formula is C12H11ClN2O2. The average molecular weight is 251 g/mol. The van der Waals surface area contributed by atoms with Gasteiger partial charge in [0.2, 0.25) is 0 Å². The molecule has 2 aromatic rings. The Morgan fingerprint density at radius 3 is 2.59 bits per heavy atom. The highest BCUT2D eigenvalue weighted by molar-refractivity contribution is 6.30. The zero-order chi connectivity index (χ0) is 12.4. The summed E-state index contributed by atoms with van der Waals surface area (Å²) in [5.74, 6) is 0. The van der Waals surface area contributed by atoms with E-state index < -0.39 is 11.1 Å². The lowest BCUT2D eigenvalue weighted by atomic mass is 10.3. The van der Waals surface area contributed by atoms with Crippen LogP contribution < -0.4 is 11.1 Å². The average Bonchev–Trinajstić information content (AvgIpc) is 2.32. The summed E-state index contributed by atoms with van der Waals surface area (Å²) in [6.45, 7) is 2.29. The van der Waals surface area contributed by atoms with Gasteiger partial charge in [-0.1, -0.05) is 17.7 Å². The van der Waals surface area contributed by atoms with Crippen molar-refractivity contribution >= 4 is 11.6 Å². The summed E-state index contributed by atoms with van der Waals surface area (Å²) in [6, 6.07) is 6.81. The summed E-state index contributed by atoms with van der Waals surface area (Å²) >= 11 is 5.85. The van der Waals surface area contributed by atoms with Crippen molar-refractivity contribution in [3.05, 3.63) is 62.4 Å². The summed E-state index contributed by atoms with van der Waals surface area (Å²) in [6.07, 6.45) is 3.16. The largest absolute Gasteiger partial charge is 0.320 e. The van der Waals surface area contributed by atoms with Crippen molar-refractivity contribution < 1.29 is 0 Å². The molecule has 0 fully saturated rings. The molecule has 0 N–H and O–H groups in total. The Kier molecular flexibility index (Phi) is 3.15. The highest BCUT2D eigenvalue weighted by Crippen LogP contribution is 2.12. The minimum atomic E-state index is -0.573. The van der Waals surface area contributed by atoms with Crippen LogP contribution in [0.25, 0.3) is 5.69 Å². The Hall–Kier alpha value is -1.81. The molecule has 0 spiro atoms. The van der Waals surface area contributed by atoms with Gasteiger partial charge in [-0.2, -0.15) is 0 Å². The summed E-state index contributed by atoms with van der Waals surface area (Å²) < 4.78 is 2.66. The predicted octanol–water partition coefficient (Wildman–Crippen LogP) is 1.67. The zero-order valence-electron chi connectivity index (χ0n) is 9.26. The Bertz CT molecular complexity index is 658. The lowest BCUT2D eigenvalue weighted by molar-refractivity contribution is 0.693. The first-order valence-corrected chi connectivity index (χ1v) is 5.59. The van der Waals surface area contributed by atoms with E-state index in [0.29, 0.717) is 17.3 Å². The SMILES string of the molecule is CCn1ccn(-c2cccc(Cl)c2)c(=O)c1=O. The quantitative estimate of drug-likeness (QED) is 0.761. The van der Waals surface area contributed by atoms with Crippen LogP contribution in [0.15, 0.2) is 46.2 Å². The molecule has 0 aliphatic heterocycles. The molecule has 88 valence electrons. The number of hydrogen-bond donors (Lipinski definition) is 0. The van der Waals surface area contributed by atoms with E-state index in [0.717, 1.165) is 0 Å². The van der Waals surface area contributed by atoms with Crippen LogP contribution in [0, 0.1) is 0 Å². The lowest BCUT2D eigenvalue weighted by Crippen LogP contribution is -2.39. The van der Waals surface area contributed by atoms with Gasteiger partial charge in [0.1, 0.15) is 0 Å². The van der Waals surface area contributed by atoms with Crippen molar-refractivity contribution in [1.82, 2.24) is 9.13 Å². The first-order chi connectivity index (χ1) is 8.13. The third kappa shape index (κ3) is 2.17. The molecule has 17 heavy (non-hydrogen) atoms. The molecule has 0 amide bonds. The van der Waals surface area contributed by atoms with E-state index in [-0.39, 0.29) is 0 Å². The molecule has 0 radical (unpaired) electrons. The van der Waals surface area contributed by atoms with Crippen LogP contribution in [0.1, 0.15) is 6.92 Å². The molecule has 0 saturated carbocycles. The Morgan fingerprint density at radius 2 is 1.94 bits per heavy atom. The van der Waals surface area contributed by atoms with Crippen molar-refractivity contribution in [2.24, 2.45) is 0 Å². The monoisotopic (exact) mass is 250 g/mol. The highest BCUT2D eigenvalue weighted by Gasteiger charge is 2.05. The molecular weight excluding hydrogens is 240 g/mol. The smallest absolute Gasteiger partial charge is 0.310 e. The summed E-state index contributed by atoms with van der Waals surface area (Å²) in [5.41, 5.74) is -0.519. The van der Waals surface area contributed by atoms with Crippen LogP contribution >= 0.6 is 11.6 Å². The molecule has 4 nitrogen and oxygen atoms in total. The van der Waals surface area contributed by atoms with Crippen LogP contribution in [0.2, 0.25) is 5.02 Å². The second kappa shape index (κ2) is 4.59. The van der Waals surface area contributed by atoms with Gasteiger partial charge in [0.25, 0.3) is 0 Å². The van der Waals surface area contributed by atoms with Crippen LogP contribution in [-0.2, 0) is 6.54 Å². The second-order valence-corrected chi connectivity index (χ2v) is 3.98. The summed E-state index contributed by atoms with van der Waals surface area (Å²) in [5, 5.41) is 0.522. The summed E-state index contributed by atoms with van der Waals surface area (Å²) in [7, 11) is 0.